The number of piperidine rings is 1. The molecule has 2 fully saturated rings. The van der Waals surface area contributed by atoms with Crippen molar-refractivity contribution in [2.24, 2.45) is 5.41 Å². The zero-order valence-electron chi connectivity index (χ0n) is 22.2. The number of hydrogen-bond donors (Lipinski definition) is 0. The number of pyridine rings is 1. The standard InChI is InChI=1S/C31H36N2O4S/c1-30(21-36-22-30)29-18-31(14-16-33(29)2)13-12-26-17-25(10-11-28(26)37-31)24-8-6-23(7-9-24)19-38(34,35)20-27-5-3-4-15-32-27/h3-11,15,17,29H,12-14,16,18-22H2,1-2H3. The average Bonchev–Trinajstić information content (AvgIpc) is 2.89. The summed E-state index contributed by atoms with van der Waals surface area (Å²) in [5.74, 6) is 0.965. The average molecular weight is 533 g/mol. The first-order valence-electron chi connectivity index (χ1n) is 13.5. The molecule has 1 spiro atoms. The highest BCUT2D eigenvalue weighted by molar-refractivity contribution is 7.89. The van der Waals surface area contributed by atoms with E-state index in [0.717, 1.165) is 67.9 Å². The maximum atomic E-state index is 12.7. The zero-order chi connectivity index (χ0) is 26.4. The molecule has 2 unspecified atom stereocenters. The minimum absolute atomic E-state index is 0.00528. The van der Waals surface area contributed by atoms with Gasteiger partial charge >= 0.3 is 0 Å². The monoisotopic (exact) mass is 532 g/mol. The van der Waals surface area contributed by atoms with Gasteiger partial charge in [-0.1, -0.05) is 43.3 Å². The van der Waals surface area contributed by atoms with Crippen molar-refractivity contribution in [3.05, 3.63) is 83.7 Å². The molecule has 38 heavy (non-hydrogen) atoms. The number of ether oxygens (including phenoxy) is 2. The lowest BCUT2D eigenvalue weighted by atomic mass is 9.70. The first kappa shape index (κ1) is 25.5. The minimum atomic E-state index is -3.29. The number of rotatable bonds is 6. The highest BCUT2D eigenvalue weighted by atomic mass is 32.2. The molecule has 6 nitrogen and oxygen atoms in total. The second kappa shape index (κ2) is 9.78. The van der Waals surface area contributed by atoms with Crippen molar-refractivity contribution in [2.45, 2.75) is 55.8 Å². The molecule has 0 aliphatic carbocycles. The summed E-state index contributed by atoms with van der Waals surface area (Å²) in [4.78, 5) is 6.65. The van der Waals surface area contributed by atoms with Gasteiger partial charge in [0.25, 0.3) is 0 Å². The molecule has 2 saturated heterocycles. The number of aromatic nitrogens is 1. The molecule has 6 rings (SSSR count). The Morgan fingerprint density at radius 3 is 2.50 bits per heavy atom. The smallest absolute Gasteiger partial charge is 0.160 e. The fourth-order valence-electron chi connectivity index (χ4n) is 6.37. The molecule has 0 N–H and O–H groups in total. The quantitative estimate of drug-likeness (QED) is 0.442. The summed E-state index contributed by atoms with van der Waals surface area (Å²) in [5, 5.41) is 0. The fourth-order valence-corrected chi connectivity index (χ4v) is 7.79. The number of nitrogens with zero attached hydrogens (tertiary/aromatic N) is 2. The Morgan fingerprint density at radius 1 is 1.00 bits per heavy atom. The van der Waals surface area contributed by atoms with Gasteiger partial charge in [-0.15, -0.1) is 0 Å². The summed E-state index contributed by atoms with van der Waals surface area (Å²) in [6, 6.07) is 20.2. The third-order valence-electron chi connectivity index (χ3n) is 8.69. The summed E-state index contributed by atoms with van der Waals surface area (Å²) in [6.45, 7) is 5.08. The predicted molar refractivity (Wildman–Crippen MR) is 149 cm³/mol. The Hall–Kier alpha value is -2.74. The molecular weight excluding hydrogens is 496 g/mol. The Balaban J connectivity index is 1.14. The van der Waals surface area contributed by atoms with E-state index < -0.39 is 9.84 Å². The lowest BCUT2D eigenvalue weighted by molar-refractivity contribution is -0.168. The van der Waals surface area contributed by atoms with Gasteiger partial charge in [-0.05, 0) is 72.8 Å². The Bertz CT molecular complexity index is 1400. The highest BCUT2D eigenvalue weighted by Gasteiger charge is 2.51. The third kappa shape index (κ3) is 5.12. The summed E-state index contributed by atoms with van der Waals surface area (Å²) >= 11 is 0. The van der Waals surface area contributed by atoms with Gasteiger partial charge in [-0.25, -0.2) is 8.42 Å². The van der Waals surface area contributed by atoms with E-state index in [1.165, 1.54) is 5.56 Å². The van der Waals surface area contributed by atoms with Crippen LogP contribution in [0.25, 0.3) is 11.1 Å². The van der Waals surface area contributed by atoms with Crippen LogP contribution in [0.2, 0.25) is 0 Å². The van der Waals surface area contributed by atoms with Gasteiger partial charge in [0.1, 0.15) is 11.4 Å². The molecule has 0 saturated carbocycles. The number of benzene rings is 2. The van der Waals surface area contributed by atoms with Gasteiger partial charge in [0.05, 0.1) is 30.4 Å². The number of sulfone groups is 1. The van der Waals surface area contributed by atoms with Crippen LogP contribution in [0.1, 0.15) is 43.0 Å². The lowest BCUT2D eigenvalue weighted by Crippen LogP contribution is -2.62. The first-order chi connectivity index (χ1) is 18.2. The van der Waals surface area contributed by atoms with Gasteiger partial charge < -0.3 is 14.4 Å². The third-order valence-corrected chi connectivity index (χ3v) is 10.2. The van der Waals surface area contributed by atoms with Crippen LogP contribution < -0.4 is 4.74 Å². The van der Waals surface area contributed by atoms with Crippen LogP contribution in [0.4, 0.5) is 0 Å². The molecule has 0 bridgehead atoms. The van der Waals surface area contributed by atoms with Crippen molar-refractivity contribution in [2.75, 3.05) is 26.8 Å². The van der Waals surface area contributed by atoms with E-state index in [1.807, 2.05) is 30.3 Å². The van der Waals surface area contributed by atoms with Gasteiger partial charge in [0, 0.05) is 30.6 Å². The van der Waals surface area contributed by atoms with Crippen LogP contribution in [-0.4, -0.2) is 56.8 Å². The molecule has 3 aliphatic rings. The van der Waals surface area contributed by atoms with Gasteiger partial charge in [0.15, 0.2) is 9.84 Å². The Kier molecular flexibility index (Phi) is 6.57. The number of hydrogen-bond acceptors (Lipinski definition) is 6. The summed E-state index contributed by atoms with van der Waals surface area (Å²) in [6.07, 6.45) is 5.78. The van der Waals surface area contributed by atoms with Crippen LogP contribution in [0.5, 0.6) is 5.75 Å². The number of likely N-dealkylation sites (tertiary alicyclic amines) is 1. The van der Waals surface area contributed by atoms with Crippen LogP contribution >= 0.6 is 0 Å². The summed E-state index contributed by atoms with van der Waals surface area (Å²) < 4.78 is 37.7. The Labute approximate surface area is 225 Å². The molecule has 3 aromatic rings. The molecule has 2 atom stereocenters. The van der Waals surface area contributed by atoms with E-state index in [0.29, 0.717) is 11.7 Å². The fraction of sp³-hybridized carbons (Fsp3) is 0.452. The van der Waals surface area contributed by atoms with Crippen molar-refractivity contribution >= 4 is 9.84 Å². The molecular formula is C31H36N2O4S. The number of aryl methyl sites for hydroxylation is 1. The summed E-state index contributed by atoms with van der Waals surface area (Å²) in [7, 11) is -1.05. The largest absolute Gasteiger partial charge is 0.487 e. The van der Waals surface area contributed by atoms with Crippen LogP contribution in [0.3, 0.4) is 0 Å². The van der Waals surface area contributed by atoms with E-state index in [4.69, 9.17) is 9.47 Å². The van der Waals surface area contributed by atoms with Crippen LogP contribution in [0.15, 0.2) is 66.9 Å². The summed E-state index contributed by atoms with van der Waals surface area (Å²) in [5.41, 5.74) is 4.96. The maximum Gasteiger partial charge on any atom is 0.160 e. The SMILES string of the molecule is CN1CCC2(CCc3cc(-c4ccc(CS(=O)(=O)Cc5ccccn5)cc4)ccc3O2)CC1C1(C)COC1. The lowest BCUT2D eigenvalue weighted by Gasteiger charge is -2.55. The van der Waals surface area contributed by atoms with Crippen molar-refractivity contribution < 1.29 is 17.9 Å². The molecule has 200 valence electrons. The van der Waals surface area contributed by atoms with Crippen molar-refractivity contribution in [1.82, 2.24) is 9.88 Å². The predicted octanol–water partition coefficient (Wildman–Crippen LogP) is 5.06. The second-order valence-corrected chi connectivity index (χ2v) is 13.8. The van der Waals surface area contributed by atoms with Gasteiger partial charge in [-0.3, -0.25) is 4.98 Å². The Morgan fingerprint density at radius 2 is 1.79 bits per heavy atom. The maximum absolute atomic E-state index is 12.7. The van der Waals surface area contributed by atoms with Gasteiger partial charge in [0.2, 0.25) is 0 Å². The van der Waals surface area contributed by atoms with Crippen LogP contribution in [0, 0.1) is 5.41 Å². The molecule has 1 aromatic heterocycles. The molecule has 0 amide bonds. The molecule has 4 heterocycles. The van der Waals surface area contributed by atoms with Gasteiger partial charge in [-0.2, -0.15) is 0 Å². The van der Waals surface area contributed by atoms with Crippen molar-refractivity contribution in [1.29, 1.82) is 0 Å². The molecule has 0 radical (unpaired) electrons. The van der Waals surface area contributed by atoms with Crippen molar-refractivity contribution in [3.8, 4) is 16.9 Å². The van der Waals surface area contributed by atoms with Crippen LogP contribution in [-0.2, 0) is 32.5 Å². The van der Waals surface area contributed by atoms with E-state index in [9.17, 15) is 8.42 Å². The minimum Gasteiger partial charge on any atom is -0.487 e. The topological polar surface area (TPSA) is 68.7 Å². The van der Waals surface area contributed by atoms with E-state index in [2.05, 4.69) is 42.1 Å². The second-order valence-electron chi connectivity index (χ2n) is 11.8. The zero-order valence-corrected chi connectivity index (χ0v) is 23.0. The first-order valence-corrected chi connectivity index (χ1v) is 15.3. The molecule has 2 aromatic carbocycles. The number of fused-ring (bicyclic) bond motifs is 1. The highest BCUT2D eigenvalue weighted by Crippen LogP contribution is 2.46. The van der Waals surface area contributed by atoms with Crippen molar-refractivity contribution in [3.63, 3.8) is 0 Å². The van der Waals surface area contributed by atoms with E-state index in [1.54, 1.807) is 18.3 Å². The molecule has 3 aliphatic heterocycles. The molecule has 7 heteroatoms. The van der Waals surface area contributed by atoms with E-state index in [-0.39, 0.29) is 22.5 Å². The normalized spacial score (nSPS) is 24.8. The van der Waals surface area contributed by atoms with E-state index >= 15 is 0 Å².